The number of rotatable bonds is 3. The Kier molecular flexibility index (Phi) is 5.91. The van der Waals surface area contributed by atoms with Gasteiger partial charge < -0.3 is 9.47 Å². The van der Waals surface area contributed by atoms with Gasteiger partial charge in [0, 0.05) is 13.2 Å². The van der Waals surface area contributed by atoms with Crippen molar-refractivity contribution in [2.24, 2.45) is 5.92 Å². The fourth-order valence-corrected chi connectivity index (χ4v) is 3.23. The van der Waals surface area contributed by atoms with Crippen LogP contribution in [0.15, 0.2) is 22.8 Å². The maximum atomic E-state index is 12.7. The van der Waals surface area contributed by atoms with Gasteiger partial charge in [0.05, 0.1) is 5.60 Å². The Balaban J connectivity index is 2.21. The monoisotopic (exact) mass is 398 g/mol. The van der Waals surface area contributed by atoms with Crippen molar-refractivity contribution in [2.45, 2.75) is 58.7 Å². The highest BCUT2D eigenvalue weighted by atomic mass is 79.9. The van der Waals surface area contributed by atoms with Crippen molar-refractivity contribution in [3.8, 4) is 0 Å². The first-order chi connectivity index (χ1) is 11.1. The third kappa shape index (κ3) is 5.74. The molecule has 0 unspecified atom stereocenters. The highest BCUT2D eigenvalue weighted by molar-refractivity contribution is 9.10. The number of ether oxygens (including phenoxy) is 2. The van der Waals surface area contributed by atoms with Crippen LogP contribution < -0.4 is 4.90 Å². The van der Waals surface area contributed by atoms with Crippen molar-refractivity contribution < 1.29 is 14.3 Å². The van der Waals surface area contributed by atoms with Crippen molar-refractivity contribution in [3.63, 3.8) is 0 Å². The summed E-state index contributed by atoms with van der Waals surface area (Å²) in [6.07, 6.45) is 1.47. The number of pyridine rings is 1. The van der Waals surface area contributed by atoms with Crippen LogP contribution in [0.3, 0.4) is 0 Å². The Morgan fingerprint density at radius 1 is 1.46 bits per heavy atom. The van der Waals surface area contributed by atoms with Gasteiger partial charge in [0.25, 0.3) is 0 Å². The molecule has 0 aromatic carbocycles. The predicted molar refractivity (Wildman–Crippen MR) is 98.3 cm³/mol. The average molecular weight is 399 g/mol. The summed E-state index contributed by atoms with van der Waals surface area (Å²) < 4.78 is 12.1. The first-order valence-electron chi connectivity index (χ1n) is 8.33. The molecule has 5 nitrogen and oxygen atoms in total. The van der Waals surface area contributed by atoms with E-state index in [9.17, 15) is 4.79 Å². The van der Waals surface area contributed by atoms with Crippen LogP contribution >= 0.6 is 15.9 Å². The van der Waals surface area contributed by atoms with Crippen LogP contribution in [0.25, 0.3) is 0 Å². The molecular weight excluding hydrogens is 372 g/mol. The lowest BCUT2D eigenvalue weighted by Crippen LogP contribution is -2.44. The van der Waals surface area contributed by atoms with Gasteiger partial charge in [0.1, 0.15) is 16.0 Å². The van der Waals surface area contributed by atoms with Gasteiger partial charge in [0.15, 0.2) is 0 Å². The number of aromatic nitrogens is 1. The predicted octanol–water partition coefficient (Wildman–Crippen LogP) is 4.79. The SMILES string of the molecule is CC(C)(C)OC(=O)N(C[C@@H]1CCOC(C)(C)C1)c1cccc(Br)n1. The summed E-state index contributed by atoms with van der Waals surface area (Å²) in [6, 6.07) is 5.55. The number of halogens is 1. The normalized spacial score (nSPS) is 20.5. The molecule has 1 amide bonds. The molecule has 0 radical (unpaired) electrons. The molecule has 0 N–H and O–H groups in total. The molecule has 0 aliphatic carbocycles. The zero-order chi connectivity index (χ0) is 18.0. The van der Waals surface area contributed by atoms with Gasteiger partial charge in [-0.25, -0.2) is 9.78 Å². The van der Waals surface area contributed by atoms with E-state index in [0.29, 0.717) is 29.5 Å². The van der Waals surface area contributed by atoms with Gasteiger partial charge in [-0.2, -0.15) is 0 Å². The van der Waals surface area contributed by atoms with Crippen LogP contribution in [0.1, 0.15) is 47.5 Å². The number of anilines is 1. The van der Waals surface area contributed by atoms with Crippen LogP contribution in [-0.4, -0.2) is 35.4 Å². The molecule has 1 saturated heterocycles. The van der Waals surface area contributed by atoms with Gasteiger partial charge in [-0.05, 0) is 81.4 Å². The molecule has 1 atom stereocenters. The lowest BCUT2D eigenvalue weighted by atomic mass is 9.88. The third-order valence-corrected chi connectivity index (χ3v) is 4.27. The second kappa shape index (κ2) is 7.40. The molecule has 0 spiro atoms. The molecule has 1 fully saturated rings. The van der Waals surface area contributed by atoms with Crippen molar-refractivity contribution in [3.05, 3.63) is 22.8 Å². The van der Waals surface area contributed by atoms with E-state index in [0.717, 1.165) is 12.8 Å². The van der Waals surface area contributed by atoms with Crippen LogP contribution in [0, 0.1) is 5.92 Å². The molecule has 0 bridgehead atoms. The minimum Gasteiger partial charge on any atom is -0.443 e. The molecule has 1 aliphatic heterocycles. The van der Waals surface area contributed by atoms with Crippen LogP contribution in [0.2, 0.25) is 0 Å². The molecule has 2 heterocycles. The van der Waals surface area contributed by atoms with E-state index in [1.807, 2.05) is 39.0 Å². The van der Waals surface area contributed by atoms with E-state index in [1.165, 1.54) is 0 Å². The minimum atomic E-state index is -0.545. The van der Waals surface area contributed by atoms with E-state index < -0.39 is 5.60 Å². The van der Waals surface area contributed by atoms with E-state index in [-0.39, 0.29) is 11.7 Å². The topological polar surface area (TPSA) is 51.7 Å². The molecule has 1 aromatic heterocycles. The summed E-state index contributed by atoms with van der Waals surface area (Å²) in [5.74, 6) is 0.949. The second-order valence-electron chi connectivity index (χ2n) is 7.88. The number of hydrogen-bond acceptors (Lipinski definition) is 4. The Hall–Kier alpha value is -1.14. The minimum absolute atomic E-state index is 0.160. The Labute approximate surface area is 152 Å². The Morgan fingerprint density at radius 2 is 2.17 bits per heavy atom. The summed E-state index contributed by atoms with van der Waals surface area (Å²) >= 11 is 3.37. The van der Waals surface area contributed by atoms with Crippen LogP contribution in [0.4, 0.5) is 10.6 Å². The number of amides is 1. The summed E-state index contributed by atoms with van der Waals surface area (Å²) in [4.78, 5) is 18.8. The molecule has 1 aromatic rings. The van der Waals surface area contributed by atoms with Crippen LogP contribution in [0.5, 0.6) is 0 Å². The van der Waals surface area contributed by atoms with Gasteiger partial charge >= 0.3 is 6.09 Å². The van der Waals surface area contributed by atoms with Gasteiger partial charge in [0.2, 0.25) is 0 Å². The summed E-state index contributed by atoms with van der Waals surface area (Å²) in [5.41, 5.74) is -0.705. The number of hydrogen-bond donors (Lipinski definition) is 0. The van der Waals surface area contributed by atoms with E-state index in [1.54, 1.807) is 4.90 Å². The molecule has 0 saturated carbocycles. The Bertz CT molecular complexity index is 584. The zero-order valence-electron chi connectivity index (χ0n) is 15.1. The Morgan fingerprint density at radius 3 is 2.75 bits per heavy atom. The van der Waals surface area contributed by atoms with E-state index in [2.05, 4.69) is 34.8 Å². The van der Waals surface area contributed by atoms with E-state index >= 15 is 0 Å². The first kappa shape index (κ1) is 19.2. The smallest absolute Gasteiger partial charge is 0.416 e. The highest BCUT2D eigenvalue weighted by Crippen LogP contribution is 2.30. The van der Waals surface area contributed by atoms with Crippen molar-refractivity contribution in [1.29, 1.82) is 0 Å². The maximum absolute atomic E-state index is 12.7. The molecule has 134 valence electrons. The summed E-state index contributed by atoms with van der Waals surface area (Å²) in [7, 11) is 0. The molecule has 1 aliphatic rings. The fourth-order valence-electron chi connectivity index (χ4n) is 2.90. The standard InChI is InChI=1S/C18H27BrN2O3/c1-17(2,3)24-16(22)21(15-8-6-7-14(19)20-15)12-13-9-10-23-18(4,5)11-13/h6-8,13H,9-12H2,1-5H3/t13-/m1/s1. The maximum Gasteiger partial charge on any atom is 0.416 e. The average Bonchev–Trinajstić information content (AvgIpc) is 2.41. The summed E-state index contributed by atoms with van der Waals surface area (Å²) in [5, 5.41) is 0. The first-order valence-corrected chi connectivity index (χ1v) is 9.12. The molecule has 6 heteroatoms. The largest absolute Gasteiger partial charge is 0.443 e. The van der Waals surface area contributed by atoms with Gasteiger partial charge in [-0.1, -0.05) is 6.07 Å². The zero-order valence-corrected chi connectivity index (χ0v) is 16.7. The second-order valence-corrected chi connectivity index (χ2v) is 8.69. The van der Waals surface area contributed by atoms with Gasteiger partial charge in [-0.3, -0.25) is 4.90 Å². The molecule has 24 heavy (non-hydrogen) atoms. The van der Waals surface area contributed by atoms with Crippen molar-refractivity contribution in [2.75, 3.05) is 18.1 Å². The number of carbonyl (C=O) groups excluding carboxylic acids is 1. The number of carbonyl (C=O) groups is 1. The van der Waals surface area contributed by atoms with E-state index in [4.69, 9.17) is 9.47 Å². The van der Waals surface area contributed by atoms with Crippen molar-refractivity contribution >= 4 is 27.8 Å². The highest BCUT2D eigenvalue weighted by Gasteiger charge is 2.33. The van der Waals surface area contributed by atoms with Gasteiger partial charge in [-0.15, -0.1) is 0 Å². The molecule has 2 rings (SSSR count). The third-order valence-electron chi connectivity index (χ3n) is 3.83. The molecular formula is C18H27BrN2O3. The lowest BCUT2D eigenvalue weighted by Gasteiger charge is -2.37. The number of nitrogens with zero attached hydrogens (tertiary/aromatic N) is 2. The van der Waals surface area contributed by atoms with Crippen LogP contribution in [-0.2, 0) is 9.47 Å². The lowest BCUT2D eigenvalue weighted by molar-refractivity contribution is -0.0710. The quantitative estimate of drug-likeness (QED) is 0.686. The summed E-state index contributed by atoms with van der Waals surface area (Å²) in [6.45, 7) is 11.1. The fraction of sp³-hybridized carbons (Fsp3) is 0.667. The van der Waals surface area contributed by atoms with Crippen molar-refractivity contribution in [1.82, 2.24) is 4.98 Å².